The Morgan fingerprint density at radius 2 is 1.92 bits per heavy atom. The topological polar surface area (TPSA) is 106 Å². The molecule has 0 spiro atoms. The number of amides is 2. The first-order valence-corrected chi connectivity index (χ1v) is 8.14. The summed E-state index contributed by atoms with van der Waals surface area (Å²) in [6, 6.07) is 8.69. The van der Waals surface area contributed by atoms with Gasteiger partial charge in [-0.15, -0.1) is 0 Å². The SMILES string of the molecule is NC(=O)c1cnc2n1CCN(C(=O)c1cc(-n3cccc3)ccc1O)C2. The minimum atomic E-state index is -0.541. The first-order chi connectivity index (χ1) is 12.5. The second-order valence-corrected chi connectivity index (χ2v) is 6.09. The van der Waals surface area contributed by atoms with Crippen LogP contribution in [-0.4, -0.2) is 42.5 Å². The van der Waals surface area contributed by atoms with Gasteiger partial charge in [0.2, 0.25) is 0 Å². The minimum absolute atomic E-state index is 0.0716. The van der Waals surface area contributed by atoms with Crippen LogP contribution in [0.3, 0.4) is 0 Å². The van der Waals surface area contributed by atoms with Gasteiger partial charge in [-0.05, 0) is 30.3 Å². The number of fused-ring (bicyclic) bond motifs is 1. The molecule has 0 atom stereocenters. The zero-order valence-corrected chi connectivity index (χ0v) is 13.9. The fraction of sp³-hybridized carbons (Fsp3) is 0.167. The summed E-state index contributed by atoms with van der Waals surface area (Å²) in [6.07, 6.45) is 5.16. The van der Waals surface area contributed by atoms with E-state index in [2.05, 4.69) is 4.98 Å². The van der Waals surface area contributed by atoms with Gasteiger partial charge in [0.1, 0.15) is 17.3 Å². The summed E-state index contributed by atoms with van der Waals surface area (Å²) in [4.78, 5) is 30.1. The summed E-state index contributed by atoms with van der Waals surface area (Å²) in [5, 5.41) is 10.2. The van der Waals surface area contributed by atoms with Crippen molar-refractivity contribution in [3.63, 3.8) is 0 Å². The van der Waals surface area contributed by atoms with E-state index in [9.17, 15) is 14.7 Å². The van der Waals surface area contributed by atoms with Crippen LogP contribution in [0.2, 0.25) is 0 Å². The van der Waals surface area contributed by atoms with Crippen LogP contribution < -0.4 is 5.73 Å². The van der Waals surface area contributed by atoms with Gasteiger partial charge in [-0.2, -0.15) is 0 Å². The van der Waals surface area contributed by atoms with Gasteiger partial charge in [-0.1, -0.05) is 0 Å². The molecule has 0 unspecified atom stereocenters. The highest BCUT2D eigenvalue weighted by Gasteiger charge is 2.27. The third-order valence-corrected chi connectivity index (χ3v) is 4.52. The van der Waals surface area contributed by atoms with E-state index in [0.717, 1.165) is 5.69 Å². The molecule has 3 aromatic rings. The van der Waals surface area contributed by atoms with Crippen molar-refractivity contribution in [3.05, 3.63) is 66.0 Å². The molecule has 8 heteroatoms. The predicted molar refractivity (Wildman–Crippen MR) is 92.9 cm³/mol. The molecule has 4 rings (SSSR count). The zero-order valence-electron chi connectivity index (χ0n) is 13.9. The van der Waals surface area contributed by atoms with E-state index in [4.69, 9.17) is 5.73 Å². The van der Waals surface area contributed by atoms with Crippen molar-refractivity contribution in [2.24, 2.45) is 5.73 Å². The molecular weight excluding hydrogens is 334 g/mol. The number of aromatic nitrogens is 3. The predicted octanol–water partition coefficient (Wildman–Crippen LogP) is 1.13. The van der Waals surface area contributed by atoms with Gasteiger partial charge >= 0.3 is 0 Å². The number of phenolic OH excluding ortho intramolecular Hbond substituents is 1. The molecule has 0 saturated carbocycles. The summed E-state index contributed by atoms with van der Waals surface area (Å²) in [7, 11) is 0. The van der Waals surface area contributed by atoms with Crippen molar-refractivity contribution in [3.8, 4) is 11.4 Å². The van der Waals surface area contributed by atoms with Crippen LogP contribution in [0.5, 0.6) is 5.75 Å². The Hall–Kier alpha value is -3.55. The Bertz CT molecular complexity index is 990. The Balaban J connectivity index is 1.62. The van der Waals surface area contributed by atoms with E-state index < -0.39 is 5.91 Å². The number of phenols is 1. The minimum Gasteiger partial charge on any atom is -0.507 e. The second-order valence-electron chi connectivity index (χ2n) is 6.09. The number of nitrogens with zero attached hydrogens (tertiary/aromatic N) is 4. The number of nitrogens with two attached hydrogens (primary N) is 1. The summed E-state index contributed by atoms with van der Waals surface area (Å²) in [5.74, 6) is -0.302. The molecule has 0 bridgehead atoms. The molecule has 3 N–H and O–H groups in total. The zero-order chi connectivity index (χ0) is 18.3. The van der Waals surface area contributed by atoms with E-state index in [1.54, 1.807) is 21.6 Å². The highest BCUT2D eigenvalue weighted by atomic mass is 16.3. The molecule has 2 amide bonds. The maximum atomic E-state index is 12.9. The lowest BCUT2D eigenvalue weighted by atomic mass is 10.1. The number of hydrogen-bond acceptors (Lipinski definition) is 4. The van der Waals surface area contributed by atoms with Crippen molar-refractivity contribution in [2.75, 3.05) is 6.54 Å². The largest absolute Gasteiger partial charge is 0.507 e. The fourth-order valence-electron chi connectivity index (χ4n) is 3.16. The maximum Gasteiger partial charge on any atom is 0.266 e. The average Bonchev–Trinajstić information content (AvgIpc) is 3.30. The molecule has 2 aromatic heterocycles. The number of carbonyl (C=O) groups excluding carboxylic acids is 2. The lowest BCUT2D eigenvalue weighted by molar-refractivity contribution is 0.0703. The third-order valence-electron chi connectivity index (χ3n) is 4.52. The number of primary amides is 1. The van der Waals surface area contributed by atoms with Crippen LogP contribution in [0, 0.1) is 0 Å². The van der Waals surface area contributed by atoms with Crippen LogP contribution >= 0.6 is 0 Å². The summed E-state index contributed by atoms with van der Waals surface area (Å²) >= 11 is 0. The molecule has 26 heavy (non-hydrogen) atoms. The Morgan fingerprint density at radius 3 is 2.65 bits per heavy atom. The van der Waals surface area contributed by atoms with E-state index in [0.29, 0.717) is 24.6 Å². The molecular formula is C18H17N5O3. The fourth-order valence-corrected chi connectivity index (χ4v) is 3.16. The van der Waals surface area contributed by atoms with Crippen LogP contribution in [-0.2, 0) is 13.1 Å². The number of rotatable bonds is 3. The van der Waals surface area contributed by atoms with Gasteiger partial charge in [-0.3, -0.25) is 9.59 Å². The highest BCUT2D eigenvalue weighted by molar-refractivity contribution is 5.97. The van der Waals surface area contributed by atoms with Crippen molar-refractivity contribution < 1.29 is 14.7 Å². The first-order valence-electron chi connectivity index (χ1n) is 8.14. The van der Waals surface area contributed by atoms with Crippen molar-refractivity contribution in [2.45, 2.75) is 13.1 Å². The summed E-state index contributed by atoms with van der Waals surface area (Å²) in [5.41, 5.74) is 6.68. The molecule has 0 radical (unpaired) electrons. The van der Waals surface area contributed by atoms with Crippen molar-refractivity contribution in [1.82, 2.24) is 19.0 Å². The lowest BCUT2D eigenvalue weighted by Crippen LogP contribution is -2.39. The first kappa shape index (κ1) is 15.9. The van der Waals surface area contributed by atoms with Crippen molar-refractivity contribution in [1.29, 1.82) is 0 Å². The van der Waals surface area contributed by atoms with E-state index in [-0.39, 0.29) is 23.8 Å². The molecule has 3 heterocycles. The standard InChI is InChI=1S/C18H17N5O3/c19-17(25)14-10-20-16-11-22(7-8-23(14)16)18(26)13-9-12(3-4-15(13)24)21-5-1-2-6-21/h1-6,9-10,24H,7-8,11H2,(H2,19,25). The molecule has 132 valence electrons. The van der Waals surface area contributed by atoms with E-state index in [1.807, 2.05) is 29.1 Å². The molecule has 0 saturated heterocycles. The van der Waals surface area contributed by atoms with Crippen LogP contribution in [0.4, 0.5) is 0 Å². The molecule has 1 aliphatic rings. The molecule has 1 aromatic carbocycles. The van der Waals surface area contributed by atoms with Gasteiger partial charge in [0.25, 0.3) is 11.8 Å². The maximum absolute atomic E-state index is 12.9. The number of benzene rings is 1. The quantitative estimate of drug-likeness (QED) is 0.738. The highest BCUT2D eigenvalue weighted by Crippen LogP contribution is 2.24. The van der Waals surface area contributed by atoms with Crippen LogP contribution in [0.15, 0.2) is 48.9 Å². The number of carbonyl (C=O) groups is 2. The molecule has 0 fully saturated rings. The Morgan fingerprint density at radius 1 is 1.15 bits per heavy atom. The molecule has 0 aliphatic carbocycles. The van der Waals surface area contributed by atoms with Gasteiger partial charge in [0, 0.05) is 31.2 Å². The summed E-state index contributed by atoms with van der Waals surface area (Å²) < 4.78 is 3.58. The van der Waals surface area contributed by atoms with Gasteiger partial charge in [0.05, 0.1) is 18.3 Å². The number of hydrogen-bond donors (Lipinski definition) is 2. The number of aromatic hydroxyl groups is 1. The van der Waals surface area contributed by atoms with Crippen molar-refractivity contribution >= 4 is 11.8 Å². The van der Waals surface area contributed by atoms with E-state index in [1.165, 1.54) is 12.3 Å². The Kier molecular flexibility index (Phi) is 3.72. The van der Waals surface area contributed by atoms with E-state index >= 15 is 0 Å². The smallest absolute Gasteiger partial charge is 0.266 e. The molecule has 1 aliphatic heterocycles. The lowest BCUT2D eigenvalue weighted by Gasteiger charge is -2.28. The summed E-state index contributed by atoms with van der Waals surface area (Å²) in [6.45, 7) is 1.08. The Labute approximate surface area is 149 Å². The molecule has 8 nitrogen and oxygen atoms in total. The van der Waals surface area contributed by atoms with Gasteiger partial charge in [0.15, 0.2) is 0 Å². The third kappa shape index (κ3) is 2.61. The second kappa shape index (κ2) is 6.07. The van der Waals surface area contributed by atoms with Crippen LogP contribution in [0.25, 0.3) is 5.69 Å². The van der Waals surface area contributed by atoms with Crippen LogP contribution in [0.1, 0.15) is 26.7 Å². The monoisotopic (exact) mass is 351 g/mol. The average molecular weight is 351 g/mol. The van der Waals surface area contributed by atoms with Gasteiger partial charge in [-0.25, -0.2) is 4.98 Å². The van der Waals surface area contributed by atoms with Gasteiger partial charge < -0.3 is 24.9 Å². The normalized spacial score (nSPS) is 13.5. The number of imidazole rings is 1.